The van der Waals surface area contributed by atoms with E-state index in [1.54, 1.807) is 0 Å². The van der Waals surface area contributed by atoms with Crippen molar-refractivity contribution in [2.45, 2.75) is 64.2 Å². The van der Waals surface area contributed by atoms with Gasteiger partial charge in [0.2, 0.25) is 5.91 Å². The summed E-state index contributed by atoms with van der Waals surface area (Å²) in [5.74, 6) is 2.95. The smallest absolute Gasteiger partial charge is 0.222 e. The fourth-order valence-electron chi connectivity index (χ4n) is 3.33. The van der Waals surface area contributed by atoms with Gasteiger partial charge in [0.1, 0.15) is 0 Å². The molecule has 2 N–H and O–H groups in total. The number of amides is 1. The Kier molecular flexibility index (Phi) is 11.2. The fourth-order valence-corrected chi connectivity index (χ4v) is 4.63. The van der Waals surface area contributed by atoms with Crippen LogP contribution in [-0.2, 0) is 4.79 Å². The van der Waals surface area contributed by atoms with Crippen molar-refractivity contribution < 1.29 is 4.79 Å². The van der Waals surface area contributed by atoms with Crippen molar-refractivity contribution >= 4 is 47.6 Å². The molecule has 2 aliphatic rings. The van der Waals surface area contributed by atoms with Crippen molar-refractivity contribution in [2.24, 2.45) is 10.9 Å². The van der Waals surface area contributed by atoms with Crippen LogP contribution in [0, 0.1) is 5.92 Å². The highest BCUT2D eigenvalue weighted by atomic mass is 127. The van der Waals surface area contributed by atoms with Crippen LogP contribution in [0.25, 0.3) is 0 Å². The minimum absolute atomic E-state index is 0. The van der Waals surface area contributed by atoms with Crippen molar-refractivity contribution in [1.29, 1.82) is 0 Å². The summed E-state index contributed by atoms with van der Waals surface area (Å²) in [6.07, 6.45) is 5.26. The first-order valence-electron chi connectivity index (χ1n) is 9.54. The Morgan fingerprint density at radius 3 is 2.68 bits per heavy atom. The van der Waals surface area contributed by atoms with Crippen LogP contribution < -0.4 is 10.6 Å². The van der Waals surface area contributed by atoms with Gasteiger partial charge in [-0.05, 0) is 25.7 Å². The summed E-state index contributed by atoms with van der Waals surface area (Å²) >= 11 is 2.07. The molecule has 1 heterocycles. The average molecular weight is 482 g/mol. The number of aliphatic imine (C=N–C) groups is 1. The molecular weight excluding hydrogens is 447 g/mol. The lowest BCUT2D eigenvalue weighted by molar-refractivity contribution is -0.121. The van der Waals surface area contributed by atoms with Crippen molar-refractivity contribution in [3.8, 4) is 0 Å². The van der Waals surface area contributed by atoms with Crippen LogP contribution in [0.2, 0.25) is 0 Å². The largest absolute Gasteiger partial charge is 0.357 e. The molecule has 1 atom stereocenters. The second-order valence-corrected chi connectivity index (χ2v) is 8.48. The summed E-state index contributed by atoms with van der Waals surface area (Å²) in [4.78, 5) is 19.1. The molecule has 1 amide bonds. The van der Waals surface area contributed by atoms with E-state index < -0.39 is 0 Å². The van der Waals surface area contributed by atoms with Gasteiger partial charge in [0, 0.05) is 43.1 Å². The summed E-state index contributed by atoms with van der Waals surface area (Å²) in [6.45, 7) is 10.2. The summed E-state index contributed by atoms with van der Waals surface area (Å²) in [5.41, 5.74) is 0. The van der Waals surface area contributed by atoms with Gasteiger partial charge >= 0.3 is 0 Å². The highest BCUT2D eigenvalue weighted by Gasteiger charge is 2.25. The predicted molar refractivity (Wildman–Crippen MR) is 119 cm³/mol. The molecule has 0 spiro atoms. The van der Waals surface area contributed by atoms with E-state index in [-0.39, 0.29) is 29.9 Å². The molecule has 25 heavy (non-hydrogen) atoms. The Hall–Kier alpha value is -0.180. The van der Waals surface area contributed by atoms with Crippen LogP contribution in [0.1, 0.15) is 52.9 Å². The van der Waals surface area contributed by atoms with Gasteiger partial charge in [-0.15, -0.1) is 24.0 Å². The molecule has 0 aromatic carbocycles. The van der Waals surface area contributed by atoms with Gasteiger partial charge in [0.05, 0.1) is 6.54 Å². The summed E-state index contributed by atoms with van der Waals surface area (Å²) < 4.78 is 0. The first kappa shape index (κ1) is 22.9. The lowest BCUT2D eigenvalue weighted by Crippen LogP contribution is -2.49. The first-order valence-corrected chi connectivity index (χ1v) is 10.6. The molecule has 146 valence electrons. The zero-order chi connectivity index (χ0) is 17.4. The number of nitrogens with one attached hydrogen (secondary N) is 2. The number of carbonyl (C=O) groups excluding carboxylic acids is 1. The summed E-state index contributed by atoms with van der Waals surface area (Å²) in [5, 5.41) is 7.19. The summed E-state index contributed by atoms with van der Waals surface area (Å²) in [7, 11) is 0. The molecule has 1 aliphatic carbocycles. The number of guanidine groups is 1. The number of nitrogens with zero attached hydrogens (tertiary/aromatic N) is 2. The zero-order valence-corrected chi connectivity index (χ0v) is 19.1. The predicted octanol–water partition coefficient (Wildman–Crippen LogP) is 3.09. The van der Waals surface area contributed by atoms with Crippen LogP contribution in [0.15, 0.2) is 4.99 Å². The van der Waals surface area contributed by atoms with Crippen molar-refractivity contribution in [2.75, 3.05) is 31.9 Å². The molecule has 0 aromatic heterocycles. The lowest BCUT2D eigenvalue weighted by atomic mass is 10.1. The number of carbonyl (C=O) groups is 1. The maximum atomic E-state index is 12.0. The number of hydrogen-bond acceptors (Lipinski definition) is 3. The molecule has 1 aliphatic heterocycles. The highest BCUT2D eigenvalue weighted by molar-refractivity contribution is 14.0. The second kappa shape index (κ2) is 12.3. The Labute approximate surface area is 174 Å². The van der Waals surface area contributed by atoms with Gasteiger partial charge in [-0.2, -0.15) is 11.8 Å². The fraction of sp³-hybridized carbons (Fsp3) is 0.889. The molecular formula is C18H35IN4OS. The molecule has 0 aromatic rings. The topological polar surface area (TPSA) is 56.7 Å². The van der Waals surface area contributed by atoms with Gasteiger partial charge in [0.25, 0.3) is 0 Å². The SMILES string of the molecule is CCNC(=NCCC(=O)NC1CCCC1)N1CCSC(C(C)C)C1.I. The molecule has 1 saturated heterocycles. The second-order valence-electron chi connectivity index (χ2n) is 7.13. The lowest BCUT2D eigenvalue weighted by Gasteiger charge is -2.36. The Bertz CT molecular complexity index is 427. The van der Waals surface area contributed by atoms with Gasteiger partial charge in [-0.3, -0.25) is 9.79 Å². The van der Waals surface area contributed by atoms with Crippen LogP contribution in [0.3, 0.4) is 0 Å². The third kappa shape index (κ3) is 7.93. The molecule has 1 saturated carbocycles. The number of hydrogen-bond donors (Lipinski definition) is 2. The number of thioether (sulfide) groups is 1. The van der Waals surface area contributed by atoms with E-state index in [9.17, 15) is 4.79 Å². The van der Waals surface area contributed by atoms with Crippen LogP contribution >= 0.6 is 35.7 Å². The van der Waals surface area contributed by atoms with Gasteiger partial charge in [-0.25, -0.2) is 0 Å². The molecule has 0 radical (unpaired) electrons. The van der Waals surface area contributed by atoms with E-state index in [4.69, 9.17) is 4.99 Å². The maximum absolute atomic E-state index is 12.0. The van der Waals surface area contributed by atoms with Gasteiger partial charge in [-0.1, -0.05) is 26.7 Å². The monoisotopic (exact) mass is 482 g/mol. The Morgan fingerprint density at radius 2 is 2.04 bits per heavy atom. The van der Waals surface area contributed by atoms with Crippen LogP contribution in [0.4, 0.5) is 0 Å². The van der Waals surface area contributed by atoms with Crippen LogP contribution in [0.5, 0.6) is 0 Å². The van der Waals surface area contributed by atoms with Gasteiger partial charge in [0.15, 0.2) is 5.96 Å². The normalized spacial score (nSPS) is 22.0. The van der Waals surface area contributed by atoms with E-state index >= 15 is 0 Å². The van der Waals surface area contributed by atoms with Gasteiger partial charge < -0.3 is 15.5 Å². The van der Waals surface area contributed by atoms with Crippen molar-refractivity contribution in [3.63, 3.8) is 0 Å². The zero-order valence-electron chi connectivity index (χ0n) is 15.9. The number of halogens is 1. The molecule has 0 bridgehead atoms. The molecule has 5 nitrogen and oxygen atoms in total. The molecule has 1 unspecified atom stereocenters. The number of rotatable bonds is 6. The summed E-state index contributed by atoms with van der Waals surface area (Å²) in [6, 6.07) is 0.403. The quantitative estimate of drug-likeness (QED) is 0.347. The van der Waals surface area contributed by atoms with Crippen molar-refractivity contribution in [1.82, 2.24) is 15.5 Å². The minimum atomic E-state index is 0. The van der Waals surface area contributed by atoms with E-state index in [0.717, 1.165) is 44.2 Å². The van der Waals surface area contributed by atoms with Crippen LogP contribution in [-0.4, -0.2) is 60.0 Å². The minimum Gasteiger partial charge on any atom is -0.357 e. The third-order valence-electron chi connectivity index (χ3n) is 4.79. The molecule has 2 fully saturated rings. The average Bonchev–Trinajstić information content (AvgIpc) is 3.07. The van der Waals surface area contributed by atoms with E-state index in [2.05, 4.69) is 48.1 Å². The van der Waals surface area contributed by atoms with E-state index in [1.807, 2.05) is 0 Å². The molecule has 2 rings (SSSR count). The van der Waals surface area contributed by atoms with E-state index in [1.165, 1.54) is 12.8 Å². The Morgan fingerprint density at radius 1 is 1.32 bits per heavy atom. The standard InChI is InChI=1S/C18H34N4OS.HI/c1-4-19-18(22-11-12-24-16(13-22)14(2)3)20-10-9-17(23)21-15-7-5-6-8-15;/h14-16H,4-13H2,1-3H3,(H,19,20)(H,21,23);1H. The third-order valence-corrected chi connectivity index (χ3v) is 6.33. The first-order chi connectivity index (χ1) is 11.6. The maximum Gasteiger partial charge on any atom is 0.222 e. The van der Waals surface area contributed by atoms with E-state index in [0.29, 0.717) is 30.2 Å². The Balaban J connectivity index is 0.00000312. The molecule has 7 heteroatoms. The highest BCUT2D eigenvalue weighted by Crippen LogP contribution is 2.24. The van der Waals surface area contributed by atoms with Crippen molar-refractivity contribution in [3.05, 3.63) is 0 Å².